The number of carbonyl (C=O) groups is 3. The predicted molar refractivity (Wildman–Crippen MR) is 137 cm³/mol. The first kappa shape index (κ1) is 23.5. The number of benzene rings is 1. The van der Waals surface area contributed by atoms with Crippen LogP contribution >= 0.6 is 11.3 Å². The second-order valence-electron chi connectivity index (χ2n) is 9.72. The summed E-state index contributed by atoms with van der Waals surface area (Å²) in [6.45, 7) is 2.99. The molecule has 2 fully saturated rings. The maximum absolute atomic E-state index is 13.4. The Labute approximate surface area is 210 Å². The normalized spacial score (nSPS) is 17.1. The largest absolute Gasteiger partial charge is 0.342 e. The van der Waals surface area contributed by atoms with Crippen LogP contribution in [0.5, 0.6) is 0 Å². The lowest BCUT2D eigenvalue weighted by atomic mass is 9.77. The summed E-state index contributed by atoms with van der Waals surface area (Å²) in [5.74, 6) is 0.353. The molecular formula is C28H31N3O3S. The molecule has 0 aliphatic carbocycles. The Hall–Kier alpha value is -3.19. The summed E-state index contributed by atoms with van der Waals surface area (Å²) in [4.78, 5) is 43.1. The first-order valence-corrected chi connectivity index (χ1v) is 13.3. The van der Waals surface area contributed by atoms with Gasteiger partial charge in [-0.05, 0) is 66.8 Å². The monoisotopic (exact) mass is 489 g/mol. The standard InChI is InChI=1S/C28H31N3O3S/c32-24(25-10-6-20-35-25)9-5-11-26(33)31-19-14-28(21-31)12-17-30(18-13-28)27(34)22-7-1-2-8-23(22)29-15-3-4-16-29/h1-4,6-8,10,15-16,20H,5,9,11-14,17-19,21H2. The number of ketones is 1. The van der Waals surface area contributed by atoms with Crippen molar-refractivity contribution in [2.45, 2.75) is 38.5 Å². The molecule has 5 rings (SSSR count). The van der Waals surface area contributed by atoms with Crippen molar-refractivity contribution >= 4 is 28.9 Å². The molecule has 0 bridgehead atoms. The van der Waals surface area contributed by atoms with Crippen LogP contribution in [0, 0.1) is 5.41 Å². The molecule has 35 heavy (non-hydrogen) atoms. The molecule has 182 valence electrons. The molecule has 2 saturated heterocycles. The number of carbonyl (C=O) groups excluding carboxylic acids is 3. The number of para-hydroxylation sites is 1. The summed E-state index contributed by atoms with van der Waals surface area (Å²) in [5.41, 5.74) is 1.73. The van der Waals surface area contributed by atoms with Crippen LogP contribution in [0.4, 0.5) is 0 Å². The van der Waals surface area contributed by atoms with Gasteiger partial charge in [0.25, 0.3) is 5.91 Å². The number of thiophene rings is 1. The van der Waals surface area contributed by atoms with Crippen molar-refractivity contribution in [1.29, 1.82) is 0 Å². The minimum absolute atomic E-state index is 0.0745. The highest BCUT2D eigenvalue weighted by atomic mass is 32.1. The SMILES string of the molecule is O=C(CCCC(=O)N1CCC2(CCN(C(=O)c3ccccc3-n3cccc3)CC2)C1)c1cccs1. The summed E-state index contributed by atoms with van der Waals surface area (Å²) >= 11 is 1.46. The van der Waals surface area contributed by atoms with Gasteiger partial charge in [0.1, 0.15) is 0 Å². The fraction of sp³-hybridized carbons (Fsp3) is 0.393. The first-order valence-electron chi connectivity index (χ1n) is 12.4. The molecule has 6 nitrogen and oxygen atoms in total. The fourth-order valence-electron chi connectivity index (χ4n) is 5.40. The molecule has 0 atom stereocenters. The average Bonchev–Trinajstić information content (AvgIpc) is 3.67. The smallest absolute Gasteiger partial charge is 0.255 e. The second kappa shape index (κ2) is 10.2. The Morgan fingerprint density at radius 2 is 1.54 bits per heavy atom. The van der Waals surface area contributed by atoms with E-state index in [1.165, 1.54) is 11.3 Å². The van der Waals surface area contributed by atoms with Crippen LogP contribution in [0.25, 0.3) is 5.69 Å². The molecule has 2 aromatic heterocycles. The van der Waals surface area contributed by atoms with Crippen LogP contribution < -0.4 is 0 Å². The predicted octanol–water partition coefficient (Wildman–Crippen LogP) is 5.05. The third-order valence-corrected chi connectivity index (χ3v) is 8.42. The number of hydrogen-bond acceptors (Lipinski definition) is 4. The van der Waals surface area contributed by atoms with Gasteiger partial charge in [0.2, 0.25) is 5.91 Å². The van der Waals surface area contributed by atoms with E-state index in [-0.39, 0.29) is 23.0 Å². The maximum atomic E-state index is 13.4. The Bertz CT molecular complexity index is 1180. The van der Waals surface area contributed by atoms with Crippen molar-refractivity contribution in [3.8, 4) is 5.69 Å². The quantitative estimate of drug-likeness (QED) is 0.437. The lowest BCUT2D eigenvalue weighted by Gasteiger charge is -2.39. The first-order chi connectivity index (χ1) is 17.0. The summed E-state index contributed by atoms with van der Waals surface area (Å²) in [7, 11) is 0. The van der Waals surface area contributed by atoms with Crippen molar-refractivity contribution in [2.24, 2.45) is 5.41 Å². The molecule has 1 spiro atoms. The highest BCUT2D eigenvalue weighted by molar-refractivity contribution is 7.12. The molecular weight excluding hydrogens is 458 g/mol. The van der Waals surface area contributed by atoms with Gasteiger partial charge in [0.15, 0.2) is 5.78 Å². The van der Waals surface area contributed by atoms with Crippen LogP contribution in [-0.4, -0.2) is 58.1 Å². The number of nitrogens with zero attached hydrogens (tertiary/aromatic N) is 3. The van der Waals surface area contributed by atoms with Gasteiger partial charge in [-0.3, -0.25) is 14.4 Å². The van der Waals surface area contributed by atoms with Crippen molar-refractivity contribution in [3.05, 3.63) is 76.7 Å². The number of hydrogen-bond donors (Lipinski definition) is 0. The Kier molecular flexibility index (Phi) is 6.86. The van der Waals surface area contributed by atoms with Gasteiger partial charge < -0.3 is 14.4 Å². The number of likely N-dealkylation sites (tertiary alicyclic amines) is 2. The summed E-state index contributed by atoms with van der Waals surface area (Å²) < 4.78 is 1.98. The van der Waals surface area contributed by atoms with Crippen molar-refractivity contribution in [3.63, 3.8) is 0 Å². The Morgan fingerprint density at radius 3 is 2.26 bits per heavy atom. The zero-order chi connectivity index (χ0) is 24.3. The van der Waals surface area contributed by atoms with Gasteiger partial charge in [-0.25, -0.2) is 0 Å². The minimum Gasteiger partial charge on any atom is -0.342 e. The molecule has 0 radical (unpaired) electrons. The van der Waals surface area contributed by atoms with Gasteiger partial charge in [-0.1, -0.05) is 18.2 Å². The summed E-state index contributed by atoms with van der Waals surface area (Å²) in [6, 6.07) is 15.4. The van der Waals surface area contributed by atoms with E-state index in [1.807, 2.05) is 80.7 Å². The highest BCUT2D eigenvalue weighted by Gasteiger charge is 2.42. The van der Waals surface area contributed by atoms with Crippen LogP contribution in [0.1, 0.15) is 58.6 Å². The lowest BCUT2D eigenvalue weighted by molar-refractivity contribution is -0.130. The van der Waals surface area contributed by atoms with Crippen molar-refractivity contribution < 1.29 is 14.4 Å². The zero-order valence-corrected chi connectivity index (χ0v) is 20.7. The molecule has 4 heterocycles. The molecule has 2 aliphatic rings. The van der Waals surface area contributed by atoms with Crippen molar-refractivity contribution in [1.82, 2.24) is 14.4 Å². The third-order valence-electron chi connectivity index (χ3n) is 7.51. The second-order valence-corrected chi connectivity index (χ2v) is 10.7. The zero-order valence-electron chi connectivity index (χ0n) is 19.9. The summed E-state index contributed by atoms with van der Waals surface area (Å²) in [6.07, 6.45) is 8.20. The number of rotatable bonds is 7. The van der Waals surface area contributed by atoms with E-state index >= 15 is 0 Å². The lowest BCUT2D eigenvalue weighted by Crippen LogP contribution is -2.44. The summed E-state index contributed by atoms with van der Waals surface area (Å²) in [5, 5.41) is 1.90. The van der Waals surface area contributed by atoms with Gasteiger partial charge in [-0.2, -0.15) is 0 Å². The van der Waals surface area contributed by atoms with E-state index in [0.717, 1.165) is 61.6 Å². The van der Waals surface area contributed by atoms with Crippen LogP contribution in [-0.2, 0) is 4.79 Å². The van der Waals surface area contributed by atoms with Crippen molar-refractivity contribution in [2.75, 3.05) is 26.2 Å². The maximum Gasteiger partial charge on any atom is 0.255 e. The van der Waals surface area contributed by atoms with Gasteiger partial charge in [-0.15, -0.1) is 11.3 Å². The van der Waals surface area contributed by atoms with E-state index in [0.29, 0.717) is 19.3 Å². The van der Waals surface area contributed by atoms with E-state index in [4.69, 9.17) is 0 Å². The van der Waals surface area contributed by atoms with E-state index in [1.54, 1.807) is 0 Å². The highest BCUT2D eigenvalue weighted by Crippen LogP contribution is 2.41. The molecule has 7 heteroatoms. The average molecular weight is 490 g/mol. The molecule has 0 unspecified atom stereocenters. The van der Waals surface area contributed by atoms with E-state index in [2.05, 4.69) is 0 Å². The van der Waals surface area contributed by atoms with Gasteiger partial charge in [0, 0.05) is 51.4 Å². The Morgan fingerprint density at radius 1 is 0.829 bits per heavy atom. The third kappa shape index (κ3) is 5.10. The number of amides is 2. The molecule has 1 aromatic carbocycles. The van der Waals surface area contributed by atoms with Crippen LogP contribution in [0.3, 0.4) is 0 Å². The minimum atomic E-state index is 0.0745. The molecule has 2 aliphatic heterocycles. The van der Waals surface area contributed by atoms with Gasteiger partial charge >= 0.3 is 0 Å². The van der Waals surface area contributed by atoms with Crippen LogP contribution in [0.15, 0.2) is 66.3 Å². The van der Waals surface area contributed by atoms with E-state index < -0.39 is 0 Å². The molecule has 0 N–H and O–H groups in total. The van der Waals surface area contributed by atoms with E-state index in [9.17, 15) is 14.4 Å². The molecule has 3 aromatic rings. The molecule has 2 amide bonds. The molecule has 0 saturated carbocycles. The number of Topliss-reactive ketones (excluding diaryl/α,β-unsaturated/α-hetero) is 1. The number of piperidine rings is 1. The van der Waals surface area contributed by atoms with Crippen LogP contribution in [0.2, 0.25) is 0 Å². The Balaban J connectivity index is 1.13. The fourth-order valence-corrected chi connectivity index (χ4v) is 6.10. The van der Waals surface area contributed by atoms with Gasteiger partial charge in [0.05, 0.1) is 16.1 Å². The number of aromatic nitrogens is 1. The topological polar surface area (TPSA) is 62.6 Å².